The number of hydrogen-bond donors (Lipinski definition) is 4. The van der Waals surface area contributed by atoms with Crippen molar-refractivity contribution < 1.29 is 18.6 Å². The summed E-state index contributed by atoms with van der Waals surface area (Å²) in [5.41, 5.74) is 1.70. The first kappa shape index (κ1) is 27.2. The van der Waals surface area contributed by atoms with Crippen molar-refractivity contribution in [2.75, 3.05) is 17.3 Å². The van der Waals surface area contributed by atoms with Crippen LogP contribution < -0.4 is 20.9 Å². The van der Waals surface area contributed by atoms with E-state index >= 15 is 0 Å². The van der Waals surface area contributed by atoms with Crippen LogP contribution in [-0.4, -0.2) is 42.0 Å². The Morgan fingerprint density at radius 3 is 2.61 bits per heavy atom. The number of amides is 4. The predicted molar refractivity (Wildman–Crippen MR) is 147 cm³/mol. The highest BCUT2D eigenvalue weighted by molar-refractivity contribution is 7.75. The van der Waals surface area contributed by atoms with Gasteiger partial charge in [-0.15, -0.1) is 11.3 Å². The zero-order valence-corrected chi connectivity index (χ0v) is 21.8. The Kier molecular flexibility index (Phi) is 9.45. The molecule has 2 aromatic rings. The van der Waals surface area contributed by atoms with Crippen LogP contribution in [0, 0.1) is 0 Å². The maximum absolute atomic E-state index is 13.2. The molecule has 36 heavy (non-hydrogen) atoms. The number of pyridine rings is 1. The molecule has 4 amide bonds. The molecule has 190 valence electrons. The normalized spacial score (nSPS) is 18.9. The number of anilines is 2. The van der Waals surface area contributed by atoms with Gasteiger partial charge < -0.3 is 20.1 Å². The van der Waals surface area contributed by atoms with E-state index in [2.05, 4.69) is 51.2 Å². The van der Waals surface area contributed by atoms with E-state index in [1.807, 2.05) is 19.1 Å². The lowest BCUT2D eigenvalue weighted by atomic mass is 10.1. The fourth-order valence-electron chi connectivity index (χ4n) is 4.21. The quantitative estimate of drug-likeness (QED) is 0.180. The summed E-state index contributed by atoms with van der Waals surface area (Å²) >= 11 is 4.52. The van der Waals surface area contributed by atoms with Crippen LogP contribution in [0.3, 0.4) is 0 Å². The Bertz CT molecular complexity index is 1240. The van der Waals surface area contributed by atoms with Gasteiger partial charge >= 0.3 is 6.03 Å². The van der Waals surface area contributed by atoms with Crippen molar-refractivity contribution in [3.8, 4) is 0 Å². The van der Waals surface area contributed by atoms with Crippen LogP contribution in [0.1, 0.15) is 35.9 Å². The van der Waals surface area contributed by atoms with Crippen LogP contribution in [0.25, 0.3) is 10.2 Å². The molecule has 4 rings (SSSR count). The molecule has 1 saturated carbocycles. The molecule has 2 aliphatic rings. The summed E-state index contributed by atoms with van der Waals surface area (Å²) in [5.74, 6) is -0.561. The van der Waals surface area contributed by atoms with Gasteiger partial charge in [0.05, 0.1) is 22.5 Å². The highest BCUT2D eigenvalue weighted by Crippen LogP contribution is 2.44. The molecule has 0 saturated heterocycles. The number of thiol groups is 1. The summed E-state index contributed by atoms with van der Waals surface area (Å²) in [5, 5.41) is 9.50. The molecule has 3 heterocycles. The number of aromatic nitrogens is 1. The van der Waals surface area contributed by atoms with Crippen LogP contribution in [0.5, 0.6) is 0 Å². The van der Waals surface area contributed by atoms with E-state index in [0.717, 1.165) is 19.3 Å². The van der Waals surface area contributed by atoms with Crippen molar-refractivity contribution in [3.63, 3.8) is 0 Å². The minimum Gasteiger partial charge on any atom is -0.348 e. The van der Waals surface area contributed by atoms with Crippen molar-refractivity contribution in [2.24, 2.45) is 0 Å². The van der Waals surface area contributed by atoms with E-state index in [1.165, 1.54) is 29.4 Å². The Morgan fingerprint density at radius 1 is 1.28 bits per heavy atom. The SMILES string of the molecule is C=CC(=O)NC1CCCC1NC(=O)c1sc2nccc3c2c1NC(=O)N3/C(C=C)=C/C=C\C.COS. The van der Waals surface area contributed by atoms with Gasteiger partial charge in [-0.1, -0.05) is 25.3 Å². The van der Waals surface area contributed by atoms with Crippen molar-refractivity contribution in [1.82, 2.24) is 15.6 Å². The zero-order chi connectivity index (χ0) is 26.2. The lowest BCUT2D eigenvalue weighted by Gasteiger charge is -2.29. The number of hydrogen-bond acceptors (Lipinski definition) is 7. The summed E-state index contributed by atoms with van der Waals surface area (Å²) in [7, 11) is 1.49. The standard InChI is InChI=1S/C24H25N5O3S.CH4OS/c1-4-7-9-14(5-2)29-17-12-13-25-23-19(17)20(28-24(29)32)21(33-23)22(31)27-16-11-8-10-15(16)26-18(30)6-3;1-2-3/h4-7,9,12-13,15-16H,2-3,8,10-11H2,1H3,(H,26,30)(H,27,31)(H,28,32);3H,1H3/b7-4-,14-9+;. The summed E-state index contributed by atoms with van der Waals surface area (Å²) < 4.78 is 3.94. The first-order valence-electron chi connectivity index (χ1n) is 11.3. The maximum atomic E-state index is 13.2. The van der Waals surface area contributed by atoms with Crippen molar-refractivity contribution >= 4 is 63.7 Å². The first-order valence-corrected chi connectivity index (χ1v) is 12.5. The maximum Gasteiger partial charge on any atom is 0.331 e. The monoisotopic (exact) mass is 527 g/mol. The van der Waals surface area contributed by atoms with Gasteiger partial charge in [0.1, 0.15) is 9.71 Å². The van der Waals surface area contributed by atoms with Crippen LogP contribution in [-0.2, 0) is 8.98 Å². The smallest absolute Gasteiger partial charge is 0.331 e. The molecule has 0 bridgehead atoms. The number of rotatable bonds is 7. The zero-order valence-electron chi connectivity index (χ0n) is 20.1. The number of carbonyl (C=O) groups is 3. The van der Waals surface area contributed by atoms with Gasteiger partial charge in [-0.2, -0.15) is 0 Å². The Morgan fingerprint density at radius 2 is 1.97 bits per heavy atom. The summed E-state index contributed by atoms with van der Waals surface area (Å²) in [6.45, 7) is 9.20. The molecule has 2 aromatic heterocycles. The molecule has 2 unspecified atom stereocenters. The molecular weight excluding hydrogens is 498 g/mol. The third kappa shape index (κ3) is 5.69. The molecule has 0 spiro atoms. The van der Waals surface area contributed by atoms with Gasteiger partial charge in [-0.25, -0.2) is 9.78 Å². The molecule has 0 radical (unpaired) electrons. The molecule has 1 aliphatic carbocycles. The summed E-state index contributed by atoms with van der Waals surface area (Å²) in [6.07, 6.45) is 12.4. The predicted octanol–water partition coefficient (Wildman–Crippen LogP) is 4.72. The van der Waals surface area contributed by atoms with E-state index in [4.69, 9.17) is 0 Å². The van der Waals surface area contributed by atoms with E-state index in [0.29, 0.717) is 32.2 Å². The first-order chi connectivity index (χ1) is 17.4. The Hall–Kier alpha value is -3.41. The number of thiophene rings is 1. The fraction of sp³-hybridized carbons (Fsp3) is 0.280. The van der Waals surface area contributed by atoms with Crippen LogP contribution in [0.2, 0.25) is 0 Å². The van der Waals surface area contributed by atoms with Gasteiger partial charge in [-0.3, -0.25) is 14.5 Å². The summed E-state index contributed by atoms with van der Waals surface area (Å²) in [4.78, 5) is 45.0. The number of carbonyl (C=O) groups excluding carboxylic acids is 3. The second-order valence-electron chi connectivity index (χ2n) is 7.92. The third-order valence-electron chi connectivity index (χ3n) is 5.72. The van der Waals surface area contributed by atoms with E-state index in [-0.39, 0.29) is 29.9 Å². The molecule has 2 atom stereocenters. The highest BCUT2D eigenvalue weighted by atomic mass is 32.1. The summed E-state index contributed by atoms with van der Waals surface area (Å²) in [6, 6.07) is 1.02. The largest absolute Gasteiger partial charge is 0.348 e. The van der Waals surface area contributed by atoms with Crippen molar-refractivity contribution in [1.29, 1.82) is 0 Å². The average molecular weight is 528 g/mol. The van der Waals surface area contributed by atoms with E-state index in [9.17, 15) is 14.4 Å². The Labute approximate surface area is 219 Å². The minimum atomic E-state index is -0.380. The van der Waals surface area contributed by atoms with Crippen LogP contribution in [0.4, 0.5) is 16.2 Å². The van der Waals surface area contributed by atoms with Crippen LogP contribution >= 0.6 is 24.2 Å². The molecule has 1 aliphatic heterocycles. The number of allylic oxidation sites excluding steroid dienone is 4. The van der Waals surface area contributed by atoms with Gasteiger partial charge in [0.2, 0.25) is 5.91 Å². The number of nitrogens with one attached hydrogen (secondary N) is 3. The number of nitrogens with zero attached hydrogens (tertiary/aromatic N) is 2. The average Bonchev–Trinajstić information content (AvgIpc) is 3.46. The van der Waals surface area contributed by atoms with Crippen LogP contribution in [0.15, 0.2) is 61.5 Å². The molecule has 11 heteroatoms. The topological polar surface area (TPSA) is 113 Å². The molecule has 1 fully saturated rings. The Balaban J connectivity index is 0.00000115. The van der Waals surface area contributed by atoms with E-state index in [1.54, 1.807) is 24.4 Å². The van der Waals surface area contributed by atoms with Crippen molar-refractivity contribution in [2.45, 2.75) is 38.3 Å². The lowest BCUT2D eigenvalue weighted by Crippen LogP contribution is -2.48. The minimum absolute atomic E-state index is 0.157. The van der Waals surface area contributed by atoms with E-state index < -0.39 is 0 Å². The number of urea groups is 1. The second kappa shape index (κ2) is 12.5. The second-order valence-corrected chi connectivity index (χ2v) is 9.28. The lowest BCUT2D eigenvalue weighted by molar-refractivity contribution is -0.117. The molecular formula is C25H29N5O4S2. The fourth-order valence-corrected chi connectivity index (χ4v) is 5.23. The van der Waals surface area contributed by atoms with Gasteiger partial charge in [-0.05, 0) is 63.4 Å². The van der Waals surface area contributed by atoms with Gasteiger partial charge in [0.25, 0.3) is 5.91 Å². The van der Waals surface area contributed by atoms with Gasteiger partial charge in [0.15, 0.2) is 0 Å². The van der Waals surface area contributed by atoms with Gasteiger partial charge in [0, 0.05) is 25.4 Å². The highest BCUT2D eigenvalue weighted by Gasteiger charge is 2.35. The van der Waals surface area contributed by atoms with Crippen molar-refractivity contribution in [3.05, 3.63) is 66.4 Å². The molecule has 0 aromatic carbocycles. The molecule has 9 nitrogen and oxygen atoms in total. The molecule has 3 N–H and O–H groups in total. The third-order valence-corrected chi connectivity index (χ3v) is 6.82.